The predicted octanol–water partition coefficient (Wildman–Crippen LogP) is 0.617. The third kappa shape index (κ3) is 4.10. The van der Waals surface area contributed by atoms with Crippen LogP contribution in [0.2, 0.25) is 0 Å². The summed E-state index contributed by atoms with van der Waals surface area (Å²) in [5.41, 5.74) is 5.87. The Morgan fingerprint density at radius 2 is 2.12 bits per heavy atom. The first-order chi connectivity index (χ1) is 7.52. The SMILES string of the molecule is CNC(=O)C(CC(C)C)NC1CCC(N)C1. The van der Waals surface area contributed by atoms with Crippen molar-refractivity contribution in [1.82, 2.24) is 10.6 Å². The van der Waals surface area contributed by atoms with E-state index in [0.29, 0.717) is 18.0 Å². The van der Waals surface area contributed by atoms with E-state index in [4.69, 9.17) is 5.73 Å². The third-order valence-corrected chi connectivity index (χ3v) is 3.18. The summed E-state index contributed by atoms with van der Waals surface area (Å²) in [6.07, 6.45) is 4.03. The van der Waals surface area contributed by atoms with Crippen molar-refractivity contribution in [1.29, 1.82) is 0 Å². The summed E-state index contributed by atoms with van der Waals surface area (Å²) < 4.78 is 0. The summed E-state index contributed by atoms with van der Waals surface area (Å²) in [4.78, 5) is 11.7. The molecule has 1 aliphatic rings. The highest BCUT2D eigenvalue weighted by Crippen LogP contribution is 2.18. The molecule has 4 N–H and O–H groups in total. The molecule has 0 spiro atoms. The largest absolute Gasteiger partial charge is 0.358 e. The Morgan fingerprint density at radius 1 is 1.44 bits per heavy atom. The number of nitrogens with two attached hydrogens (primary N) is 1. The minimum atomic E-state index is -0.0692. The van der Waals surface area contributed by atoms with Crippen LogP contribution in [0.25, 0.3) is 0 Å². The maximum atomic E-state index is 11.7. The van der Waals surface area contributed by atoms with E-state index in [1.807, 2.05) is 0 Å². The van der Waals surface area contributed by atoms with Gasteiger partial charge in [-0.05, 0) is 31.6 Å². The minimum Gasteiger partial charge on any atom is -0.358 e. The summed E-state index contributed by atoms with van der Waals surface area (Å²) in [5, 5.41) is 6.16. The number of hydrogen-bond donors (Lipinski definition) is 3. The molecule has 0 radical (unpaired) electrons. The van der Waals surface area contributed by atoms with Gasteiger partial charge in [0.25, 0.3) is 0 Å². The number of hydrogen-bond acceptors (Lipinski definition) is 3. The van der Waals surface area contributed by atoms with Crippen LogP contribution in [0, 0.1) is 5.92 Å². The minimum absolute atomic E-state index is 0.0692. The van der Waals surface area contributed by atoms with Crippen molar-refractivity contribution in [3.63, 3.8) is 0 Å². The van der Waals surface area contributed by atoms with Gasteiger partial charge in [-0.2, -0.15) is 0 Å². The molecule has 4 heteroatoms. The molecule has 1 aliphatic carbocycles. The lowest BCUT2D eigenvalue weighted by Crippen LogP contribution is -2.47. The van der Waals surface area contributed by atoms with Crippen LogP contribution < -0.4 is 16.4 Å². The van der Waals surface area contributed by atoms with Crippen molar-refractivity contribution < 1.29 is 4.79 Å². The van der Waals surface area contributed by atoms with Gasteiger partial charge in [0.15, 0.2) is 0 Å². The maximum Gasteiger partial charge on any atom is 0.236 e. The van der Waals surface area contributed by atoms with Gasteiger partial charge < -0.3 is 16.4 Å². The Bertz CT molecular complexity index is 230. The summed E-state index contributed by atoms with van der Waals surface area (Å²) >= 11 is 0. The van der Waals surface area contributed by atoms with Crippen LogP contribution >= 0.6 is 0 Å². The van der Waals surface area contributed by atoms with Crippen LogP contribution in [0.1, 0.15) is 39.5 Å². The Hall–Kier alpha value is -0.610. The number of likely N-dealkylation sites (N-methyl/N-ethyl adjacent to an activating group) is 1. The van der Waals surface area contributed by atoms with Crippen LogP contribution in [0.4, 0.5) is 0 Å². The smallest absolute Gasteiger partial charge is 0.236 e. The quantitative estimate of drug-likeness (QED) is 0.645. The van der Waals surface area contributed by atoms with Crippen molar-refractivity contribution in [2.45, 2.75) is 57.7 Å². The van der Waals surface area contributed by atoms with E-state index in [2.05, 4.69) is 24.5 Å². The lowest BCUT2D eigenvalue weighted by molar-refractivity contribution is -0.123. The molecule has 16 heavy (non-hydrogen) atoms. The van der Waals surface area contributed by atoms with Crippen molar-refractivity contribution in [2.24, 2.45) is 11.7 Å². The average molecular weight is 227 g/mol. The van der Waals surface area contributed by atoms with Gasteiger partial charge >= 0.3 is 0 Å². The van der Waals surface area contributed by atoms with E-state index in [-0.39, 0.29) is 11.9 Å². The standard InChI is InChI=1S/C12H25N3O/c1-8(2)6-11(12(16)14-3)15-10-5-4-9(13)7-10/h8-11,15H,4-7,13H2,1-3H3,(H,14,16). The molecule has 0 aromatic carbocycles. The van der Waals surface area contributed by atoms with Gasteiger partial charge in [-0.15, -0.1) is 0 Å². The van der Waals surface area contributed by atoms with Gasteiger partial charge in [0.05, 0.1) is 6.04 Å². The summed E-state index contributed by atoms with van der Waals surface area (Å²) in [6.45, 7) is 4.27. The Kier molecular flexibility index (Phi) is 5.22. The van der Waals surface area contributed by atoms with E-state index < -0.39 is 0 Å². The molecule has 0 heterocycles. The molecule has 1 fully saturated rings. The van der Waals surface area contributed by atoms with Crippen molar-refractivity contribution in [3.8, 4) is 0 Å². The van der Waals surface area contributed by atoms with E-state index in [1.165, 1.54) is 0 Å². The molecule has 3 unspecified atom stereocenters. The molecule has 0 aliphatic heterocycles. The molecule has 0 saturated heterocycles. The lowest BCUT2D eigenvalue weighted by atomic mass is 10.0. The number of amides is 1. The molecular formula is C12H25N3O. The Balaban J connectivity index is 2.46. The number of rotatable bonds is 5. The van der Waals surface area contributed by atoms with Gasteiger partial charge in [0, 0.05) is 19.1 Å². The number of nitrogens with one attached hydrogen (secondary N) is 2. The maximum absolute atomic E-state index is 11.7. The van der Waals surface area contributed by atoms with Crippen molar-refractivity contribution in [3.05, 3.63) is 0 Å². The first-order valence-electron chi connectivity index (χ1n) is 6.26. The van der Waals surface area contributed by atoms with E-state index in [0.717, 1.165) is 25.7 Å². The van der Waals surface area contributed by atoms with Crippen molar-refractivity contribution >= 4 is 5.91 Å². The van der Waals surface area contributed by atoms with Gasteiger partial charge in [0.2, 0.25) is 5.91 Å². The zero-order chi connectivity index (χ0) is 12.1. The first kappa shape index (κ1) is 13.5. The van der Waals surface area contributed by atoms with Crippen LogP contribution in [-0.2, 0) is 4.79 Å². The fourth-order valence-electron chi connectivity index (χ4n) is 2.35. The molecular weight excluding hydrogens is 202 g/mol. The van der Waals surface area contributed by atoms with E-state index >= 15 is 0 Å². The highest BCUT2D eigenvalue weighted by atomic mass is 16.2. The molecule has 3 atom stereocenters. The predicted molar refractivity (Wildman–Crippen MR) is 66.1 cm³/mol. The third-order valence-electron chi connectivity index (χ3n) is 3.18. The zero-order valence-corrected chi connectivity index (χ0v) is 10.6. The Labute approximate surface area is 98.3 Å². The molecule has 0 bridgehead atoms. The summed E-state index contributed by atoms with van der Waals surface area (Å²) in [6, 6.07) is 0.651. The van der Waals surface area contributed by atoms with E-state index in [9.17, 15) is 4.79 Å². The van der Waals surface area contributed by atoms with Crippen molar-refractivity contribution in [2.75, 3.05) is 7.05 Å². The molecule has 94 valence electrons. The molecule has 1 amide bonds. The molecule has 4 nitrogen and oxygen atoms in total. The molecule has 1 rings (SSSR count). The highest BCUT2D eigenvalue weighted by molar-refractivity contribution is 5.81. The van der Waals surface area contributed by atoms with Crippen LogP contribution in [0.3, 0.4) is 0 Å². The second kappa shape index (κ2) is 6.21. The Morgan fingerprint density at radius 3 is 2.56 bits per heavy atom. The second-order valence-electron chi connectivity index (χ2n) is 5.23. The van der Waals surface area contributed by atoms with Crippen LogP contribution in [0.15, 0.2) is 0 Å². The summed E-state index contributed by atoms with van der Waals surface area (Å²) in [7, 11) is 1.69. The normalized spacial score (nSPS) is 27.1. The second-order valence-corrected chi connectivity index (χ2v) is 5.23. The zero-order valence-electron chi connectivity index (χ0n) is 10.6. The van der Waals surface area contributed by atoms with Gasteiger partial charge in [0.1, 0.15) is 0 Å². The van der Waals surface area contributed by atoms with Gasteiger partial charge in [-0.25, -0.2) is 0 Å². The molecule has 0 aromatic heterocycles. The van der Waals surface area contributed by atoms with Gasteiger partial charge in [-0.3, -0.25) is 4.79 Å². The topological polar surface area (TPSA) is 67.2 Å². The number of carbonyl (C=O) groups is 1. The molecule has 1 saturated carbocycles. The summed E-state index contributed by atoms with van der Waals surface area (Å²) in [5.74, 6) is 0.610. The van der Waals surface area contributed by atoms with Crippen LogP contribution in [-0.4, -0.2) is 31.1 Å². The van der Waals surface area contributed by atoms with Gasteiger partial charge in [-0.1, -0.05) is 13.8 Å². The highest BCUT2D eigenvalue weighted by Gasteiger charge is 2.27. The fourth-order valence-corrected chi connectivity index (χ4v) is 2.35. The monoisotopic (exact) mass is 227 g/mol. The lowest BCUT2D eigenvalue weighted by Gasteiger charge is -2.23. The fraction of sp³-hybridized carbons (Fsp3) is 0.917. The first-order valence-corrected chi connectivity index (χ1v) is 6.26. The number of carbonyl (C=O) groups excluding carboxylic acids is 1. The average Bonchev–Trinajstić information content (AvgIpc) is 2.61. The van der Waals surface area contributed by atoms with E-state index in [1.54, 1.807) is 7.05 Å². The van der Waals surface area contributed by atoms with Crippen LogP contribution in [0.5, 0.6) is 0 Å². The molecule has 0 aromatic rings.